The first-order valence-corrected chi connectivity index (χ1v) is 16.6. The third-order valence-electron chi connectivity index (χ3n) is 10.8. The zero-order chi connectivity index (χ0) is 31.3. The van der Waals surface area contributed by atoms with Crippen molar-refractivity contribution in [2.45, 2.75) is 19.3 Å². The van der Waals surface area contributed by atoms with Gasteiger partial charge in [0.2, 0.25) is 0 Å². The lowest BCUT2D eigenvalue weighted by molar-refractivity contribution is 0.661. The molecule has 0 heteroatoms. The highest BCUT2D eigenvalue weighted by atomic mass is 14.4. The van der Waals surface area contributed by atoms with Crippen LogP contribution >= 0.6 is 0 Å². The Morgan fingerprint density at radius 1 is 0.319 bits per heavy atom. The Balaban J connectivity index is 1.13. The van der Waals surface area contributed by atoms with Gasteiger partial charge in [-0.3, -0.25) is 0 Å². The molecule has 0 unspecified atom stereocenters. The third-order valence-corrected chi connectivity index (χ3v) is 10.8. The summed E-state index contributed by atoms with van der Waals surface area (Å²) in [6.45, 7) is 4.76. The van der Waals surface area contributed by atoms with E-state index in [9.17, 15) is 0 Å². The molecule has 9 aromatic carbocycles. The third kappa shape index (κ3) is 3.76. The van der Waals surface area contributed by atoms with Crippen LogP contribution in [0.3, 0.4) is 0 Å². The Morgan fingerprint density at radius 3 is 1.60 bits per heavy atom. The normalized spacial score (nSPS) is 13.5. The minimum Gasteiger partial charge on any atom is -0.0622 e. The predicted molar refractivity (Wildman–Crippen MR) is 202 cm³/mol. The second kappa shape index (κ2) is 9.64. The molecule has 47 heavy (non-hydrogen) atoms. The number of fused-ring (bicyclic) bond motifs is 4. The van der Waals surface area contributed by atoms with Crippen molar-refractivity contribution in [1.29, 1.82) is 0 Å². The summed E-state index contributed by atoms with van der Waals surface area (Å²) in [4.78, 5) is 0. The van der Waals surface area contributed by atoms with Crippen molar-refractivity contribution in [2.24, 2.45) is 0 Å². The highest BCUT2D eigenvalue weighted by Crippen LogP contribution is 2.51. The lowest BCUT2D eigenvalue weighted by atomic mass is 9.80. The monoisotopic (exact) mass is 596 g/mol. The van der Waals surface area contributed by atoms with E-state index < -0.39 is 0 Å². The summed E-state index contributed by atoms with van der Waals surface area (Å²) in [7, 11) is 0. The molecule has 220 valence electrons. The summed E-state index contributed by atoms with van der Waals surface area (Å²) in [6, 6.07) is 58.9. The smallest absolute Gasteiger partial charge is 0.0159 e. The van der Waals surface area contributed by atoms with Crippen molar-refractivity contribution >= 4 is 43.1 Å². The van der Waals surface area contributed by atoms with Crippen LogP contribution < -0.4 is 0 Å². The molecule has 1 aliphatic carbocycles. The first-order valence-electron chi connectivity index (χ1n) is 16.6. The van der Waals surface area contributed by atoms with Crippen molar-refractivity contribution in [3.63, 3.8) is 0 Å². The summed E-state index contributed by atoms with van der Waals surface area (Å²) in [6.07, 6.45) is 0. The molecule has 0 bridgehead atoms. The number of hydrogen-bond donors (Lipinski definition) is 0. The van der Waals surface area contributed by atoms with Crippen LogP contribution in [0.4, 0.5) is 0 Å². The quantitative estimate of drug-likeness (QED) is 0.178. The minimum absolute atomic E-state index is 0.0943. The average Bonchev–Trinajstić information content (AvgIpc) is 3.35. The van der Waals surface area contributed by atoms with Crippen LogP contribution in [0, 0.1) is 0 Å². The molecular weight excluding hydrogens is 565 g/mol. The largest absolute Gasteiger partial charge is 0.0622 e. The average molecular weight is 597 g/mol. The van der Waals surface area contributed by atoms with Gasteiger partial charge in [0.25, 0.3) is 0 Å². The molecule has 0 aliphatic heterocycles. The second-order valence-electron chi connectivity index (χ2n) is 13.7. The van der Waals surface area contributed by atoms with E-state index in [2.05, 4.69) is 172 Å². The van der Waals surface area contributed by atoms with Crippen LogP contribution in [-0.4, -0.2) is 0 Å². The highest BCUT2D eigenvalue weighted by molar-refractivity contribution is 6.26. The van der Waals surface area contributed by atoms with E-state index >= 15 is 0 Å². The lowest BCUT2D eigenvalue weighted by Gasteiger charge is -2.23. The van der Waals surface area contributed by atoms with Gasteiger partial charge in [-0.05, 0) is 111 Å². The Kier molecular flexibility index (Phi) is 5.44. The zero-order valence-corrected chi connectivity index (χ0v) is 26.5. The lowest BCUT2D eigenvalue weighted by Crippen LogP contribution is -2.15. The van der Waals surface area contributed by atoms with E-state index in [-0.39, 0.29) is 5.41 Å². The molecule has 0 fully saturated rings. The molecule has 9 aromatic rings. The van der Waals surface area contributed by atoms with Gasteiger partial charge < -0.3 is 0 Å². The van der Waals surface area contributed by atoms with Crippen LogP contribution in [0.15, 0.2) is 158 Å². The van der Waals surface area contributed by atoms with Gasteiger partial charge in [-0.1, -0.05) is 159 Å². The predicted octanol–water partition coefficient (Wildman–Crippen LogP) is 13.0. The van der Waals surface area contributed by atoms with E-state index in [0.29, 0.717) is 0 Å². The standard InChI is InChI=1S/C47H32/c1-47(2)43-27-33(29-9-4-3-5-10-29)21-24-40(43)41-25-22-34(28-44(41)47)35-13-7-15-37-36(35)14-8-16-38(37)39-23-19-32-18-17-30-11-6-12-31-20-26-42(39)46(32)45(30)31/h3-28H,1-2H3. The maximum Gasteiger partial charge on any atom is 0.0159 e. The molecule has 0 atom stereocenters. The van der Waals surface area contributed by atoms with Gasteiger partial charge in [0.15, 0.2) is 0 Å². The molecule has 1 aliphatic rings. The van der Waals surface area contributed by atoms with Crippen molar-refractivity contribution in [3.05, 3.63) is 169 Å². The van der Waals surface area contributed by atoms with Crippen molar-refractivity contribution in [1.82, 2.24) is 0 Å². The molecule has 0 nitrogen and oxygen atoms in total. The Bertz CT molecular complexity index is 2670. The summed E-state index contributed by atoms with van der Waals surface area (Å²) in [5, 5.41) is 10.5. The van der Waals surface area contributed by atoms with Gasteiger partial charge in [0, 0.05) is 5.41 Å². The Labute approximate surface area is 274 Å². The molecule has 0 saturated carbocycles. The van der Waals surface area contributed by atoms with Gasteiger partial charge in [-0.2, -0.15) is 0 Å². The molecule has 0 heterocycles. The van der Waals surface area contributed by atoms with Crippen LogP contribution in [0.1, 0.15) is 25.0 Å². The Hall–Kier alpha value is -5.72. The van der Waals surface area contributed by atoms with Gasteiger partial charge >= 0.3 is 0 Å². The molecule has 0 amide bonds. The molecule has 0 N–H and O–H groups in total. The van der Waals surface area contributed by atoms with Gasteiger partial charge in [-0.25, -0.2) is 0 Å². The van der Waals surface area contributed by atoms with Crippen LogP contribution in [0.25, 0.3) is 87.6 Å². The maximum atomic E-state index is 2.45. The fourth-order valence-electron chi connectivity index (χ4n) is 8.48. The molecule has 0 saturated heterocycles. The zero-order valence-electron chi connectivity index (χ0n) is 26.5. The fourth-order valence-corrected chi connectivity index (χ4v) is 8.48. The highest BCUT2D eigenvalue weighted by Gasteiger charge is 2.36. The first-order chi connectivity index (χ1) is 23.1. The van der Waals surface area contributed by atoms with Gasteiger partial charge in [0.1, 0.15) is 0 Å². The van der Waals surface area contributed by atoms with Crippen LogP contribution in [0.5, 0.6) is 0 Å². The van der Waals surface area contributed by atoms with E-state index in [0.717, 1.165) is 0 Å². The van der Waals surface area contributed by atoms with Gasteiger partial charge in [0.05, 0.1) is 0 Å². The van der Waals surface area contributed by atoms with Crippen LogP contribution in [-0.2, 0) is 5.41 Å². The van der Waals surface area contributed by atoms with E-state index in [1.165, 1.54) is 98.7 Å². The van der Waals surface area contributed by atoms with E-state index in [1.54, 1.807) is 0 Å². The maximum absolute atomic E-state index is 2.45. The van der Waals surface area contributed by atoms with Crippen molar-refractivity contribution < 1.29 is 0 Å². The summed E-state index contributed by atoms with van der Waals surface area (Å²) in [5.74, 6) is 0. The molecular formula is C47H32. The summed E-state index contributed by atoms with van der Waals surface area (Å²) < 4.78 is 0. The number of benzene rings is 9. The Morgan fingerprint density at radius 2 is 0.851 bits per heavy atom. The summed E-state index contributed by atoms with van der Waals surface area (Å²) >= 11 is 0. The molecule has 0 spiro atoms. The van der Waals surface area contributed by atoms with E-state index in [4.69, 9.17) is 0 Å². The number of rotatable bonds is 3. The van der Waals surface area contributed by atoms with Crippen molar-refractivity contribution in [3.8, 4) is 44.5 Å². The summed E-state index contributed by atoms with van der Waals surface area (Å²) in [5.41, 5.74) is 13.1. The first kappa shape index (κ1) is 26.5. The molecule has 0 aromatic heterocycles. The minimum atomic E-state index is -0.0943. The topological polar surface area (TPSA) is 0 Å². The fraction of sp³-hybridized carbons (Fsp3) is 0.0638. The number of hydrogen-bond acceptors (Lipinski definition) is 0. The van der Waals surface area contributed by atoms with Crippen molar-refractivity contribution in [2.75, 3.05) is 0 Å². The van der Waals surface area contributed by atoms with Gasteiger partial charge in [-0.15, -0.1) is 0 Å². The van der Waals surface area contributed by atoms with Crippen LogP contribution in [0.2, 0.25) is 0 Å². The van der Waals surface area contributed by atoms with E-state index in [1.807, 2.05) is 0 Å². The SMILES string of the molecule is CC1(C)c2cc(-c3ccccc3)ccc2-c2ccc(-c3cccc4c(-c5ccc6ccc7cccc8ccc5c6c78)cccc34)cc21. The molecule has 0 radical (unpaired) electrons. The second-order valence-corrected chi connectivity index (χ2v) is 13.7. The molecule has 10 rings (SSSR count).